The number of benzene rings is 1. The third kappa shape index (κ3) is 19.1. The first-order chi connectivity index (χ1) is 32.5. The highest BCUT2D eigenvalue weighted by atomic mass is 35.5. The van der Waals surface area contributed by atoms with E-state index >= 15 is 4.39 Å². The highest BCUT2D eigenvalue weighted by Crippen LogP contribution is 2.24. The van der Waals surface area contributed by atoms with Crippen LogP contribution >= 0.6 is 23.4 Å². The van der Waals surface area contributed by atoms with Crippen molar-refractivity contribution in [3.63, 3.8) is 0 Å². The van der Waals surface area contributed by atoms with E-state index in [1.165, 1.54) is 0 Å². The molecule has 0 bridgehead atoms. The van der Waals surface area contributed by atoms with Crippen LogP contribution in [-0.2, 0) is 59.2 Å². The van der Waals surface area contributed by atoms with Crippen LogP contribution in [-0.4, -0.2) is 143 Å². The second-order valence-electron chi connectivity index (χ2n) is 17.6. The number of thioether (sulfide) groups is 1. The Labute approximate surface area is 408 Å². The maximum atomic E-state index is 15.3. The largest absolute Gasteiger partial charge is 0.370 e. The third-order valence-corrected chi connectivity index (χ3v) is 12.8. The maximum Gasteiger partial charge on any atom is 0.246 e. The average molecular weight is 1010 g/mol. The minimum atomic E-state index is -1.79. The molecule has 69 heavy (non-hydrogen) atoms. The van der Waals surface area contributed by atoms with Crippen LogP contribution in [0.5, 0.6) is 0 Å². The van der Waals surface area contributed by atoms with Crippen LogP contribution in [0.4, 0.5) is 4.39 Å². The van der Waals surface area contributed by atoms with Gasteiger partial charge in [0.15, 0.2) is 0 Å². The zero-order valence-corrected chi connectivity index (χ0v) is 40.7. The Hall–Kier alpha value is -6.04. The Balaban J connectivity index is 2.04. The maximum absolute atomic E-state index is 15.3. The Morgan fingerprint density at radius 1 is 0.841 bits per heavy atom. The number of carbonyl (C=O) groups is 11. The first kappa shape index (κ1) is 57.3. The summed E-state index contributed by atoms with van der Waals surface area (Å²) in [4.78, 5) is 147. The molecule has 2 aliphatic rings. The zero-order valence-electron chi connectivity index (χ0n) is 39.1. The topological polar surface area (TPSA) is 353 Å². The molecule has 2 heterocycles. The second-order valence-corrected chi connectivity index (χ2v) is 19.2. The molecule has 2 fully saturated rings. The minimum Gasteiger partial charge on any atom is -0.370 e. The Morgan fingerprint density at radius 2 is 1.48 bits per heavy atom. The number of primary amides is 3. The van der Waals surface area contributed by atoms with Gasteiger partial charge in [0.25, 0.3) is 0 Å². The summed E-state index contributed by atoms with van der Waals surface area (Å²) < 4.78 is 15.3. The van der Waals surface area contributed by atoms with Crippen molar-refractivity contribution in [2.45, 2.75) is 134 Å². The summed E-state index contributed by atoms with van der Waals surface area (Å²) in [6.45, 7) is 5.84. The molecular formula is C44H65ClFN11O11S. The van der Waals surface area contributed by atoms with Gasteiger partial charge in [-0.3, -0.25) is 52.7 Å². The Morgan fingerprint density at radius 3 is 2.09 bits per heavy atom. The fourth-order valence-electron chi connectivity index (χ4n) is 7.52. The number of nitrogens with one attached hydrogen (secondary N) is 7. The molecule has 0 spiro atoms. The van der Waals surface area contributed by atoms with Crippen LogP contribution in [0.15, 0.2) is 24.3 Å². The molecule has 2 saturated heterocycles. The zero-order chi connectivity index (χ0) is 51.5. The standard InChI is InChI=1S/C44H65ClFN11O11S/c1-5-23(4)37-43(67)52-27(12-13-33(47)58)39(63)53-30(18-34(48)59)40(64)55-31(21-69-14-6-7-36(61)51-29(41(65)56-37)16-24-8-10-25(45)11-9-24)44(68)57-20-26(46)17-32(57)42(66)54-28(15-22(2)3)38(62)50-19-35(49)60/h8-11,22-23,26-32,37H,5-7,12-21H2,1-4H3,(H2,47,58)(H2,48,59)(H2,49,60)(H,50,62)(H,51,61)(H,52,67)(H,53,63)(H,54,66)(H,55,64)(H,56,65)/t23-,26?,27-,28-,29-,30-,31-,32-,37-/m0/s1. The van der Waals surface area contributed by atoms with Gasteiger partial charge in [0.2, 0.25) is 65.0 Å². The number of halogens is 2. The summed E-state index contributed by atoms with van der Waals surface area (Å²) in [7, 11) is 0. The van der Waals surface area contributed by atoms with Gasteiger partial charge >= 0.3 is 0 Å². The van der Waals surface area contributed by atoms with E-state index in [1.807, 2.05) is 0 Å². The minimum absolute atomic E-state index is 0.0111. The fourth-order valence-corrected chi connectivity index (χ4v) is 8.62. The molecule has 0 saturated carbocycles. The number of alkyl halides is 1. The van der Waals surface area contributed by atoms with E-state index in [0.717, 1.165) is 16.7 Å². The van der Waals surface area contributed by atoms with Crippen LogP contribution in [0, 0.1) is 11.8 Å². The predicted molar refractivity (Wildman–Crippen MR) is 252 cm³/mol. The number of nitrogens with zero attached hydrogens (tertiary/aromatic N) is 1. The van der Waals surface area contributed by atoms with Crippen molar-refractivity contribution < 1.29 is 57.1 Å². The summed E-state index contributed by atoms with van der Waals surface area (Å²) in [6.07, 6.45) is -3.36. The lowest BCUT2D eigenvalue weighted by atomic mass is 9.96. The van der Waals surface area contributed by atoms with Crippen molar-refractivity contribution in [3.8, 4) is 0 Å². The quantitative estimate of drug-likeness (QED) is 0.0818. The van der Waals surface area contributed by atoms with Crippen molar-refractivity contribution in [3.05, 3.63) is 34.9 Å². The number of hydrogen-bond acceptors (Lipinski definition) is 12. The van der Waals surface area contributed by atoms with Crippen LogP contribution < -0.4 is 54.4 Å². The molecule has 1 aromatic rings. The van der Waals surface area contributed by atoms with Crippen LogP contribution in [0.1, 0.15) is 84.6 Å². The summed E-state index contributed by atoms with van der Waals surface area (Å²) in [6, 6.07) is -3.59. The van der Waals surface area contributed by atoms with Gasteiger partial charge in [-0.2, -0.15) is 11.8 Å². The smallest absolute Gasteiger partial charge is 0.246 e. The molecule has 1 unspecified atom stereocenters. The van der Waals surface area contributed by atoms with Gasteiger partial charge in [-0.15, -0.1) is 0 Å². The first-order valence-corrected chi connectivity index (χ1v) is 24.2. The predicted octanol–water partition coefficient (Wildman–Crippen LogP) is -1.91. The van der Waals surface area contributed by atoms with Gasteiger partial charge in [0, 0.05) is 36.5 Å². The van der Waals surface area contributed by atoms with Crippen molar-refractivity contribution >= 4 is 88.3 Å². The lowest BCUT2D eigenvalue weighted by Crippen LogP contribution is -2.61. The summed E-state index contributed by atoms with van der Waals surface area (Å²) >= 11 is 7.17. The number of nitrogens with two attached hydrogens (primary N) is 3. The highest BCUT2D eigenvalue weighted by Gasteiger charge is 2.44. The first-order valence-electron chi connectivity index (χ1n) is 22.7. The molecule has 25 heteroatoms. The molecular weight excluding hydrogens is 945 g/mol. The normalized spacial score (nSPS) is 24.3. The number of rotatable bonds is 17. The fraction of sp³-hybridized carbons (Fsp3) is 0.614. The lowest BCUT2D eigenvalue weighted by molar-refractivity contribution is -0.142. The van der Waals surface area contributed by atoms with Gasteiger partial charge in [0.05, 0.1) is 19.5 Å². The van der Waals surface area contributed by atoms with Crippen molar-refractivity contribution in [1.29, 1.82) is 0 Å². The lowest BCUT2D eigenvalue weighted by Gasteiger charge is -2.31. The summed E-state index contributed by atoms with van der Waals surface area (Å²) in [5.41, 5.74) is 16.7. The van der Waals surface area contributed by atoms with E-state index in [2.05, 4.69) is 37.2 Å². The van der Waals surface area contributed by atoms with Crippen molar-refractivity contribution in [1.82, 2.24) is 42.1 Å². The molecule has 0 aromatic heterocycles. The van der Waals surface area contributed by atoms with Gasteiger partial charge in [-0.05, 0) is 54.5 Å². The van der Waals surface area contributed by atoms with E-state index in [4.69, 9.17) is 28.8 Å². The third-order valence-electron chi connectivity index (χ3n) is 11.4. The number of amides is 11. The molecule has 1 aromatic carbocycles. The van der Waals surface area contributed by atoms with E-state index in [9.17, 15) is 52.7 Å². The van der Waals surface area contributed by atoms with Crippen LogP contribution in [0.25, 0.3) is 0 Å². The van der Waals surface area contributed by atoms with Gasteiger partial charge in [-0.25, -0.2) is 4.39 Å². The van der Waals surface area contributed by atoms with Gasteiger partial charge in [-0.1, -0.05) is 57.8 Å². The van der Waals surface area contributed by atoms with Gasteiger partial charge < -0.3 is 59.3 Å². The van der Waals surface area contributed by atoms with E-state index in [1.54, 1.807) is 52.0 Å². The second kappa shape index (κ2) is 27.8. The van der Waals surface area contributed by atoms with Crippen molar-refractivity contribution in [2.75, 3.05) is 24.6 Å². The number of likely N-dealkylation sites (tertiary alicyclic amines) is 1. The number of carbonyl (C=O) groups excluding carboxylic acids is 11. The molecule has 0 radical (unpaired) electrons. The molecule has 11 amide bonds. The van der Waals surface area contributed by atoms with E-state index in [0.29, 0.717) is 17.0 Å². The molecule has 9 atom stereocenters. The molecule has 2 aliphatic heterocycles. The molecule has 0 aliphatic carbocycles. The molecule has 22 nitrogen and oxygen atoms in total. The monoisotopic (exact) mass is 1010 g/mol. The molecule has 382 valence electrons. The van der Waals surface area contributed by atoms with Gasteiger partial charge in [0.1, 0.15) is 48.5 Å². The Bertz CT molecular complexity index is 2050. The molecule has 13 N–H and O–H groups in total. The SMILES string of the molecule is CC[C@H](C)[C@@H]1NC(=O)[C@H](Cc2ccc(Cl)cc2)NC(=O)CCCSC[C@@H](C(=O)N2CC(F)C[C@H]2C(=O)N[C@@H](CC(C)C)C(=O)NCC(N)=O)NC(=O)[C@H](CC(N)=O)NC(=O)[C@H](CCC(N)=O)NC1=O. The van der Waals surface area contributed by atoms with E-state index in [-0.39, 0.29) is 43.1 Å². The average Bonchev–Trinajstić information content (AvgIpc) is 3.68. The van der Waals surface area contributed by atoms with E-state index < -0.39 is 158 Å². The summed E-state index contributed by atoms with van der Waals surface area (Å²) in [5, 5.41) is 18.1. The highest BCUT2D eigenvalue weighted by molar-refractivity contribution is 7.99. The van der Waals surface area contributed by atoms with Crippen LogP contribution in [0.2, 0.25) is 5.02 Å². The van der Waals surface area contributed by atoms with Crippen LogP contribution in [0.3, 0.4) is 0 Å². The van der Waals surface area contributed by atoms with Crippen molar-refractivity contribution in [2.24, 2.45) is 29.0 Å². The number of hydrogen-bond donors (Lipinski definition) is 10. The Kier molecular flexibility index (Phi) is 23.1. The summed E-state index contributed by atoms with van der Waals surface area (Å²) in [5.74, 6) is -10.5. The molecule has 3 rings (SSSR count).